The summed E-state index contributed by atoms with van der Waals surface area (Å²) >= 11 is 3.50. The van der Waals surface area contributed by atoms with E-state index in [1.807, 2.05) is 0 Å². The van der Waals surface area contributed by atoms with Crippen LogP contribution in [0.4, 0.5) is 0 Å². The van der Waals surface area contributed by atoms with Crippen molar-refractivity contribution in [1.29, 1.82) is 0 Å². The Bertz CT molecular complexity index is 421. The number of aliphatic carboxylic acids is 1. The summed E-state index contributed by atoms with van der Waals surface area (Å²) in [5.41, 5.74) is 2.69. The number of unbranched alkanes of at least 4 members (excludes halogenated alkanes) is 1. The summed E-state index contributed by atoms with van der Waals surface area (Å²) in [6.07, 6.45) is 3.01. The number of carboxylic acids is 1. The number of hydrogen-bond acceptors (Lipinski definition) is 2. The SMILES string of the molecule is Cc1ccc(Br)cc1CCN(C)CCCCC(=O)O. The van der Waals surface area contributed by atoms with Crippen LogP contribution in [0.1, 0.15) is 30.4 Å². The predicted molar refractivity (Wildman–Crippen MR) is 81.6 cm³/mol. The van der Waals surface area contributed by atoms with Gasteiger partial charge in [0.05, 0.1) is 0 Å². The van der Waals surface area contributed by atoms with E-state index in [2.05, 4.69) is 53.0 Å². The Morgan fingerprint density at radius 2 is 2.05 bits per heavy atom. The molecule has 0 aromatic heterocycles. The van der Waals surface area contributed by atoms with E-state index in [1.54, 1.807) is 0 Å². The zero-order valence-electron chi connectivity index (χ0n) is 11.7. The van der Waals surface area contributed by atoms with Crippen LogP contribution in [0.25, 0.3) is 0 Å². The molecule has 1 aromatic rings. The van der Waals surface area contributed by atoms with Gasteiger partial charge in [0.2, 0.25) is 0 Å². The van der Waals surface area contributed by atoms with E-state index in [9.17, 15) is 4.79 Å². The van der Waals surface area contributed by atoms with Crippen molar-refractivity contribution < 1.29 is 9.90 Å². The smallest absolute Gasteiger partial charge is 0.303 e. The Kier molecular flexibility index (Phi) is 7.10. The summed E-state index contributed by atoms with van der Waals surface area (Å²) < 4.78 is 1.12. The number of likely N-dealkylation sites (N-methyl/N-ethyl adjacent to an activating group) is 1. The van der Waals surface area contributed by atoms with Gasteiger partial charge in [-0.15, -0.1) is 0 Å². The number of carbonyl (C=O) groups is 1. The summed E-state index contributed by atoms with van der Waals surface area (Å²) in [5.74, 6) is -0.701. The number of rotatable bonds is 8. The highest BCUT2D eigenvalue weighted by atomic mass is 79.9. The molecule has 19 heavy (non-hydrogen) atoms. The van der Waals surface area contributed by atoms with Crippen LogP contribution in [0.3, 0.4) is 0 Å². The second-order valence-electron chi connectivity index (χ2n) is 4.97. The molecule has 0 bridgehead atoms. The summed E-state index contributed by atoms with van der Waals surface area (Å²) in [7, 11) is 2.09. The lowest BCUT2D eigenvalue weighted by Gasteiger charge is -2.17. The van der Waals surface area contributed by atoms with Crippen LogP contribution in [0.2, 0.25) is 0 Å². The average Bonchev–Trinajstić information content (AvgIpc) is 2.35. The highest BCUT2D eigenvalue weighted by Crippen LogP contribution is 2.16. The van der Waals surface area contributed by atoms with E-state index in [1.165, 1.54) is 11.1 Å². The van der Waals surface area contributed by atoms with Crippen molar-refractivity contribution in [3.8, 4) is 0 Å². The van der Waals surface area contributed by atoms with Gasteiger partial charge in [-0.2, -0.15) is 0 Å². The lowest BCUT2D eigenvalue weighted by Crippen LogP contribution is -2.22. The first-order chi connectivity index (χ1) is 8.99. The fourth-order valence-corrected chi connectivity index (χ4v) is 2.40. The molecule has 0 aliphatic rings. The largest absolute Gasteiger partial charge is 0.481 e. The summed E-state index contributed by atoms with van der Waals surface area (Å²) in [4.78, 5) is 12.7. The molecule has 0 spiro atoms. The van der Waals surface area contributed by atoms with E-state index in [-0.39, 0.29) is 6.42 Å². The van der Waals surface area contributed by atoms with Crippen LogP contribution >= 0.6 is 15.9 Å². The van der Waals surface area contributed by atoms with Crippen LogP contribution in [0.5, 0.6) is 0 Å². The quantitative estimate of drug-likeness (QED) is 0.743. The molecule has 0 aliphatic carbocycles. The van der Waals surface area contributed by atoms with Crippen molar-refractivity contribution in [3.63, 3.8) is 0 Å². The van der Waals surface area contributed by atoms with Crippen molar-refractivity contribution >= 4 is 21.9 Å². The third-order valence-electron chi connectivity index (χ3n) is 3.25. The minimum atomic E-state index is -0.701. The van der Waals surface area contributed by atoms with Gasteiger partial charge in [0, 0.05) is 17.4 Å². The summed E-state index contributed by atoms with van der Waals surface area (Å²) in [6, 6.07) is 6.37. The Hall–Kier alpha value is -0.870. The molecule has 1 N–H and O–H groups in total. The molecule has 1 rings (SSSR count). The van der Waals surface area contributed by atoms with Crippen molar-refractivity contribution in [2.24, 2.45) is 0 Å². The first-order valence-electron chi connectivity index (χ1n) is 6.64. The minimum absolute atomic E-state index is 0.276. The summed E-state index contributed by atoms with van der Waals surface area (Å²) in [6.45, 7) is 4.10. The number of aryl methyl sites for hydroxylation is 1. The number of hydrogen-bond donors (Lipinski definition) is 1. The van der Waals surface area contributed by atoms with Crippen molar-refractivity contribution in [1.82, 2.24) is 4.90 Å². The van der Waals surface area contributed by atoms with Gasteiger partial charge in [-0.25, -0.2) is 0 Å². The molecule has 0 aliphatic heterocycles. The third kappa shape index (κ3) is 6.73. The molecule has 0 radical (unpaired) electrons. The average molecular weight is 328 g/mol. The maximum absolute atomic E-state index is 10.4. The molecule has 106 valence electrons. The zero-order chi connectivity index (χ0) is 14.3. The third-order valence-corrected chi connectivity index (χ3v) is 3.75. The fraction of sp³-hybridized carbons (Fsp3) is 0.533. The molecule has 4 heteroatoms. The number of halogens is 1. The van der Waals surface area contributed by atoms with Gasteiger partial charge in [-0.3, -0.25) is 4.79 Å². The van der Waals surface area contributed by atoms with E-state index >= 15 is 0 Å². The Morgan fingerprint density at radius 3 is 2.74 bits per heavy atom. The molecule has 3 nitrogen and oxygen atoms in total. The van der Waals surface area contributed by atoms with E-state index in [0.29, 0.717) is 0 Å². The van der Waals surface area contributed by atoms with Crippen molar-refractivity contribution in [3.05, 3.63) is 33.8 Å². The van der Waals surface area contributed by atoms with Crippen molar-refractivity contribution in [2.75, 3.05) is 20.1 Å². The normalized spacial score (nSPS) is 10.9. The number of benzene rings is 1. The zero-order valence-corrected chi connectivity index (χ0v) is 13.2. The number of nitrogens with zero attached hydrogens (tertiary/aromatic N) is 1. The molecular weight excluding hydrogens is 306 g/mol. The lowest BCUT2D eigenvalue weighted by atomic mass is 10.1. The van der Waals surface area contributed by atoms with Gasteiger partial charge in [0.1, 0.15) is 0 Å². The lowest BCUT2D eigenvalue weighted by molar-refractivity contribution is -0.137. The molecule has 0 saturated carbocycles. The maximum atomic E-state index is 10.4. The Balaban J connectivity index is 2.27. The second-order valence-corrected chi connectivity index (χ2v) is 5.89. The topological polar surface area (TPSA) is 40.5 Å². The highest BCUT2D eigenvalue weighted by Gasteiger charge is 2.03. The molecule has 0 atom stereocenters. The Labute approximate surface area is 123 Å². The van der Waals surface area contributed by atoms with Gasteiger partial charge in [0.15, 0.2) is 0 Å². The monoisotopic (exact) mass is 327 g/mol. The second kappa shape index (κ2) is 8.33. The van der Waals surface area contributed by atoms with Crippen LogP contribution in [-0.2, 0) is 11.2 Å². The number of carboxylic acid groups (broad SMARTS) is 1. The van der Waals surface area contributed by atoms with Gasteiger partial charge in [-0.05, 0) is 63.0 Å². The standard InChI is InChI=1S/C15H22BrNO2/c1-12-6-7-14(16)11-13(12)8-10-17(2)9-4-3-5-15(18)19/h6-7,11H,3-5,8-10H2,1-2H3,(H,18,19). The van der Waals surface area contributed by atoms with E-state index in [0.717, 1.165) is 36.8 Å². The minimum Gasteiger partial charge on any atom is -0.481 e. The van der Waals surface area contributed by atoms with E-state index < -0.39 is 5.97 Å². The predicted octanol–water partition coefficient (Wildman–Crippen LogP) is 3.49. The van der Waals surface area contributed by atoms with Gasteiger partial charge in [-0.1, -0.05) is 22.0 Å². The van der Waals surface area contributed by atoms with Crippen LogP contribution < -0.4 is 0 Å². The van der Waals surface area contributed by atoms with Gasteiger partial charge in [0.25, 0.3) is 0 Å². The first kappa shape index (κ1) is 16.2. The maximum Gasteiger partial charge on any atom is 0.303 e. The molecule has 1 aromatic carbocycles. The Morgan fingerprint density at radius 1 is 1.32 bits per heavy atom. The molecular formula is C15H22BrNO2. The summed E-state index contributed by atoms with van der Waals surface area (Å²) in [5, 5.41) is 8.57. The molecule has 0 saturated heterocycles. The van der Waals surface area contributed by atoms with Gasteiger partial charge < -0.3 is 10.0 Å². The fourth-order valence-electron chi connectivity index (χ4n) is 1.99. The van der Waals surface area contributed by atoms with Crippen LogP contribution in [-0.4, -0.2) is 36.1 Å². The molecule has 0 fully saturated rings. The molecule has 0 heterocycles. The van der Waals surface area contributed by atoms with Crippen molar-refractivity contribution in [2.45, 2.75) is 32.6 Å². The molecule has 0 unspecified atom stereocenters. The van der Waals surface area contributed by atoms with Crippen LogP contribution in [0, 0.1) is 6.92 Å². The van der Waals surface area contributed by atoms with Gasteiger partial charge >= 0.3 is 5.97 Å². The van der Waals surface area contributed by atoms with Crippen LogP contribution in [0.15, 0.2) is 22.7 Å². The molecule has 0 amide bonds. The highest BCUT2D eigenvalue weighted by molar-refractivity contribution is 9.10. The van der Waals surface area contributed by atoms with E-state index in [4.69, 9.17) is 5.11 Å². The first-order valence-corrected chi connectivity index (χ1v) is 7.43.